The third-order valence-corrected chi connectivity index (χ3v) is 6.95. The average Bonchev–Trinajstić information content (AvgIpc) is 2.85. The minimum Gasteiger partial charge on any atom is -0.353 e. The Hall–Kier alpha value is -1.83. The Morgan fingerprint density at radius 3 is 2.67 bits per heavy atom. The van der Waals surface area contributed by atoms with Crippen molar-refractivity contribution in [3.8, 4) is 0 Å². The number of fused-ring (bicyclic) bond motifs is 2. The molecule has 8 heteroatoms. The van der Waals surface area contributed by atoms with Gasteiger partial charge in [0.25, 0.3) is 0 Å². The molecule has 4 rings (SSSR count). The highest BCUT2D eigenvalue weighted by atomic mass is 35.5. The van der Waals surface area contributed by atoms with Gasteiger partial charge in [-0.1, -0.05) is 11.6 Å². The van der Waals surface area contributed by atoms with Gasteiger partial charge in [-0.15, -0.1) is 0 Å². The lowest BCUT2D eigenvalue weighted by Crippen LogP contribution is -2.31. The Labute approximate surface area is 168 Å². The first kappa shape index (κ1) is 18.5. The summed E-state index contributed by atoms with van der Waals surface area (Å²) >= 11 is 11.9. The van der Waals surface area contributed by atoms with Crippen LogP contribution >= 0.6 is 23.8 Å². The molecule has 0 atom stereocenters. The number of imidazole rings is 1. The van der Waals surface area contributed by atoms with Gasteiger partial charge < -0.3 is 9.47 Å². The topological polar surface area (TPSA) is 47.2 Å². The predicted octanol–water partition coefficient (Wildman–Crippen LogP) is 4.18. The molecule has 0 radical (unpaired) electrons. The van der Waals surface area contributed by atoms with Crippen LogP contribution in [0.3, 0.4) is 0 Å². The van der Waals surface area contributed by atoms with E-state index in [9.17, 15) is 8.42 Å². The van der Waals surface area contributed by atoms with Crippen molar-refractivity contribution in [2.24, 2.45) is 7.05 Å². The molecular weight excluding hydrogens is 402 g/mol. The summed E-state index contributed by atoms with van der Waals surface area (Å²) < 4.78 is 28.5. The lowest BCUT2D eigenvalue weighted by atomic mass is 10.0. The number of hydrogen-bond donors (Lipinski definition) is 0. The number of sulfone groups is 1. The largest absolute Gasteiger partial charge is 0.353 e. The normalized spacial score (nSPS) is 14.6. The van der Waals surface area contributed by atoms with Crippen LogP contribution in [-0.4, -0.2) is 30.4 Å². The molecule has 1 aliphatic rings. The SMILES string of the molecule is Cn1c(=S)n(CN2CCCc3cc(S(C)(=O)=O)ccc32)c2cc(Cl)ccc21. The summed E-state index contributed by atoms with van der Waals surface area (Å²) in [4.78, 5) is 2.62. The minimum atomic E-state index is -3.21. The van der Waals surface area contributed by atoms with Gasteiger partial charge in [-0.3, -0.25) is 4.57 Å². The number of aromatic nitrogens is 2. The summed E-state index contributed by atoms with van der Waals surface area (Å²) in [5.74, 6) is 0. The van der Waals surface area contributed by atoms with E-state index >= 15 is 0 Å². The Morgan fingerprint density at radius 2 is 1.93 bits per heavy atom. The molecule has 1 aromatic heterocycles. The second-order valence-electron chi connectivity index (χ2n) is 6.97. The maximum absolute atomic E-state index is 11.9. The maximum atomic E-state index is 11.9. The summed E-state index contributed by atoms with van der Waals surface area (Å²) in [5, 5.41) is 0.675. The summed E-state index contributed by atoms with van der Waals surface area (Å²) in [7, 11) is -1.25. The van der Waals surface area contributed by atoms with E-state index in [-0.39, 0.29) is 0 Å². The molecular formula is C19H20ClN3O2S2. The third-order valence-electron chi connectivity index (χ3n) is 5.11. The van der Waals surface area contributed by atoms with Gasteiger partial charge in [-0.25, -0.2) is 8.42 Å². The second-order valence-corrected chi connectivity index (χ2v) is 9.79. The number of halogens is 1. The molecule has 27 heavy (non-hydrogen) atoms. The molecule has 0 saturated carbocycles. The minimum absolute atomic E-state index is 0.372. The summed E-state index contributed by atoms with van der Waals surface area (Å²) in [6.45, 7) is 1.49. The van der Waals surface area contributed by atoms with Crippen LogP contribution in [-0.2, 0) is 30.0 Å². The Balaban J connectivity index is 1.78. The quantitative estimate of drug-likeness (QED) is 0.595. The fraction of sp³-hybridized carbons (Fsp3) is 0.316. The van der Waals surface area contributed by atoms with Gasteiger partial charge in [-0.2, -0.15) is 0 Å². The van der Waals surface area contributed by atoms with Crippen LogP contribution in [0.5, 0.6) is 0 Å². The predicted molar refractivity (Wildman–Crippen MR) is 112 cm³/mol. The molecule has 0 bridgehead atoms. The zero-order valence-electron chi connectivity index (χ0n) is 15.1. The van der Waals surface area contributed by atoms with Gasteiger partial charge in [0.15, 0.2) is 14.6 Å². The molecule has 2 aromatic carbocycles. The van der Waals surface area contributed by atoms with Crippen molar-refractivity contribution in [1.29, 1.82) is 0 Å². The summed E-state index contributed by atoms with van der Waals surface area (Å²) in [6.07, 6.45) is 3.09. The number of hydrogen-bond acceptors (Lipinski definition) is 4. The summed E-state index contributed by atoms with van der Waals surface area (Å²) in [6, 6.07) is 11.2. The van der Waals surface area contributed by atoms with E-state index in [2.05, 4.69) is 9.47 Å². The lowest BCUT2D eigenvalue weighted by Gasteiger charge is -2.32. The Morgan fingerprint density at radius 1 is 1.15 bits per heavy atom. The van der Waals surface area contributed by atoms with Crippen LogP contribution in [0.1, 0.15) is 12.0 Å². The van der Waals surface area contributed by atoms with Crippen molar-refractivity contribution in [3.05, 3.63) is 51.8 Å². The van der Waals surface area contributed by atoms with Crippen LogP contribution in [0.25, 0.3) is 11.0 Å². The van der Waals surface area contributed by atoms with E-state index in [4.69, 9.17) is 23.8 Å². The zero-order chi connectivity index (χ0) is 19.3. The first-order chi connectivity index (χ1) is 12.8. The van der Waals surface area contributed by atoms with Crippen LogP contribution in [0.4, 0.5) is 5.69 Å². The van der Waals surface area contributed by atoms with Gasteiger partial charge in [0, 0.05) is 30.6 Å². The number of nitrogens with zero attached hydrogens (tertiary/aromatic N) is 3. The molecule has 0 aliphatic carbocycles. The Bertz CT molecular complexity index is 1210. The highest BCUT2D eigenvalue weighted by Gasteiger charge is 2.21. The molecule has 142 valence electrons. The highest BCUT2D eigenvalue weighted by molar-refractivity contribution is 7.90. The first-order valence-electron chi connectivity index (χ1n) is 8.68. The van der Waals surface area contributed by atoms with Crippen LogP contribution < -0.4 is 4.90 Å². The van der Waals surface area contributed by atoms with Crippen molar-refractivity contribution >= 4 is 50.4 Å². The molecule has 0 fully saturated rings. The van der Waals surface area contributed by atoms with Crippen LogP contribution in [0, 0.1) is 4.77 Å². The molecule has 0 saturated heterocycles. The third kappa shape index (κ3) is 3.28. The molecule has 0 spiro atoms. The number of rotatable bonds is 3. The van der Waals surface area contributed by atoms with Gasteiger partial charge >= 0.3 is 0 Å². The van der Waals surface area contributed by atoms with E-state index in [1.54, 1.807) is 12.1 Å². The first-order valence-corrected chi connectivity index (χ1v) is 11.4. The van der Waals surface area contributed by atoms with E-state index in [1.807, 2.05) is 35.9 Å². The van der Waals surface area contributed by atoms with Gasteiger partial charge in [0.1, 0.15) is 0 Å². The van der Waals surface area contributed by atoms with Crippen LogP contribution in [0.2, 0.25) is 5.02 Å². The maximum Gasteiger partial charge on any atom is 0.182 e. The molecule has 1 aliphatic heterocycles. The Kier molecular flexibility index (Phi) is 4.56. The monoisotopic (exact) mass is 421 g/mol. The number of benzene rings is 2. The number of aryl methyl sites for hydroxylation is 2. The standard InChI is InChI=1S/C19H20ClN3O2S2/c1-21-17-7-5-14(20)11-18(17)23(19(21)26)12-22-9-3-4-13-10-15(27(2,24)25)6-8-16(13)22/h5-8,10-11H,3-4,9,12H2,1-2H3. The second kappa shape index (κ2) is 6.65. The molecule has 5 nitrogen and oxygen atoms in total. The lowest BCUT2D eigenvalue weighted by molar-refractivity contribution is 0.592. The average molecular weight is 422 g/mol. The van der Waals surface area contributed by atoms with E-state index in [0.29, 0.717) is 16.6 Å². The van der Waals surface area contributed by atoms with Crippen LogP contribution in [0.15, 0.2) is 41.3 Å². The van der Waals surface area contributed by atoms with Crippen molar-refractivity contribution < 1.29 is 8.42 Å². The molecule has 0 unspecified atom stereocenters. The van der Waals surface area contributed by atoms with Gasteiger partial charge in [0.2, 0.25) is 0 Å². The van der Waals surface area contributed by atoms with E-state index in [1.165, 1.54) is 6.26 Å². The number of anilines is 1. The van der Waals surface area contributed by atoms with Crippen molar-refractivity contribution in [2.45, 2.75) is 24.4 Å². The molecule has 0 N–H and O–H groups in total. The van der Waals surface area contributed by atoms with Crippen molar-refractivity contribution in [1.82, 2.24) is 9.13 Å². The van der Waals surface area contributed by atoms with Gasteiger partial charge in [-0.05, 0) is 67.0 Å². The smallest absolute Gasteiger partial charge is 0.182 e. The zero-order valence-corrected chi connectivity index (χ0v) is 17.5. The van der Waals surface area contributed by atoms with E-state index in [0.717, 1.165) is 46.4 Å². The fourth-order valence-electron chi connectivity index (χ4n) is 3.72. The van der Waals surface area contributed by atoms with Crippen molar-refractivity contribution in [2.75, 3.05) is 17.7 Å². The van der Waals surface area contributed by atoms with Gasteiger partial charge in [0.05, 0.1) is 22.6 Å². The fourth-order valence-corrected chi connectivity index (χ4v) is 4.81. The van der Waals surface area contributed by atoms with Crippen molar-refractivity contribution in [3.63, 3.8) is 0 Å². The molecule has 0 amide bonds. The molecule has 3 aromatic rings. The van der Waals surface area contributed by atoms with E-state index < -0.39 is 9.84 Å². The summed E-state index contributed by atoms with van der Waals surface area (Å²) in [5.41, 5.74) is 4.16. The highest BCUT2D eigenvalue weighted by Crippen LogP contribution is 2.31. The molecule has 2 heterocycles.